The zero-order valence-corrected chi connectivity index (χ0v) is 11.8. The molecule has 17 heavy (non-hydrogen) atoms. The number of nitrogens with zero attached hydrogens (tertiary/aromatic N) is 2. The Morgan fingerprint density at radius 2 is 1.82 bits per heavy atom. The minimum atomic E-state index is 0.228. The van der Waals surface area contributed by atoms with Crippen LogP contribution in [0.5, 0.6) is 0 Å². The van der Waals surface area contributed by atoms with E-state index in [1.54, 1.807) is 0 Å². The maximum atomic E-state index is 6.27. The van der Waals surface area contributed by atoms with E-state index in [-0.39, 0.29) is 5.41 Å². The van der Waals surface area contributed by atoms with Gasteiger partial charge in [0.25, 0.3) is 0 Å². The number of likely N-dealkylation sites (tertiary alicyclic amines) is 2. The second-order valence-electron chi connectivity index (χ2n) is 6.92. The molecular weight excluding hydrogens is 210 g/mol. The molecule has 0 aromatic rings. The summed E-state index contributed by atoms with van der Waals surface area (Å²) >= 11 is 0. The van der Waals surface area contributed by atoms with Crippen LogP contribution in [0.3, 0.4) is 0 Å². The average Bonchev–Trinajstić information content (AvgIpc) is 2.83. The Balaban J connectivity index is 1.77. The molecule has 0 radical (unpaired) electrons. The summed E-state index contributed by atoms with van der Waals surface area (Å²) in [7, 11) is 0. The van der Waals surface area contributed by atoms with E-state index in [1.807, 2.05) is 0 Å². The Hall–Kier alpha value is -0.120. The van der Waals surface area contributed by atoms with Gasteiger partial charge in [-0.1, -0.05) is 20.8 Å². The minimum absolute atomic E-state index is 0.228. The first-order valence-corrected chi connectivity index (χ1v) is 7.19. The molecule has 0 aromatic heterocycles. The van der Waals surface area contributed by atoms with Crippen LogP contribution in [0.4, 0.5) is 0 Å². The third-order valence-electron chi connectivity index (χ3n) is 4.47. The first-order valence-electron chi connectivity index (χ1n) is 7.19. The Morgan fingerprint density at radius 3 is 2.41 bits per heavy atom. The molecule has 0 spiro atoms. The van der Waals surface area contributed by atoms with Gasteiger partial charge in [-0.05, 0) is 44.3 Å². The maximum absolute atomic E-state index is 6.27. The van der Waals surface area contributed by atoms with Crippen molar-refractivity contribution >= 4 is 0 Å². The fraction of sp³-hybridized carbons (Fsp3) is 1.00. The van der Waals surface area contributed by atoms with Crippen LogP contribution in [-0.2, 0) is 0 Å². The van der Waals surface area contributed by atoms with E-state index in [4.69, 9.17) is 5.73 Å². The van der Waals surface area contributed by atoms with E-state index < -0.39 is 0 Å². The molecule has 2 unspecified atom stereocenters. The Kier molecular flexibility index (Phi) is 4.11. The molecule has 0 amide bonds. The Labute approximate surface area is 106 Å². The molecule has 2 aliphatic rings. The second kappa shape index (κ2) is 5.25. The lowest BCUT2D eigenvalue weighted by atomic mass is 9.87. The van der Waals surface area contributed by atoms with E-state index in [0.29, 0.717) is 6.04 Å². The minimum Gasteiger partial charge on any atom is -0.326 e. The molecule has 2 saturated heterocycles. The highest BCUT2D eigenvalue weighted by atomic mass is 15.3. The van der Waals surface area contributed by atoms with Crippen molar-refractivity contribution < 1.29 is 0 Å². The number of nitrogens with two attached hydrogens (primary N) is 1. The van der Waals surface area contributed by atoms with Crippen LogP contribution < -0.4 is 5.73 Å². The van der Waals surface area contributed by atoms with Crippen molar-refractivity contribution in [3.63, 3.8) is 0 Å². The molecule has 2 aliphatic heterocycles. The lowest BCUT2D eigenvalue weighted by Crippen LogP contribution is -2.45. The zero-order valence-electron chi connectivity index (χ0n) is 11.8. The topological polar surface area (TPSA) is 32.5 Å². The predicted molar refractivity (Wildman–Crippen MR) is 73.1 cm³/mol. The van der Waals surface area contributed by atoms with Gasteiger partial charge in [-0.3, -0.25) is 4.90 Å². The summed E-state index contributed by atoms with van der Waals surface area (Å²) in [5.74, 6) is 0. The number of rotatable bonds is 3. The largest absolute Gasteiger partial charge is 0.326 e. The first kappa shape index (κ1) is 13.3. The lowest BCUT2D eigenvalue weighted by Gasteiger charge is -2.31. The molecule has 0 aliphatic carbocycles. The quantitative estimate of drug-likeness (QED) is 0.811. The molecule has 0 aromatic carbocycles. The smallest absolute Gasteiger partial charge is 0.0235 e. The van der Waals surface area contributed by atoms with Gasteiger partial charge >= 0.3 is 0 Å². The van der Waals surface area contributed by atoms with Crippen LogP contribution in [0.15, 0.2) is 0 Å². The highest BCUT2D eigenvalue weighted by Gasteiger charge is 2.31. The molecule has 2 rings (SSSR count). The van der Waals surface area contributed by atoms with Crippen LogP contribution in [0.2, 0.25) is 0 Å². The van der Waals surface area contributed by atoms with Crippen LogP contribution >= 0.6 is 0 Å². The Morgan fingerprint density at radius 1 is 1.18 bits per heavy atom. The van der Waals surface area contributed by atoms with Gasteiger partial charge in [0.15, 0.2) is 0 Å². The molecule has 100 valence electrons. The molecular formula is C14H29N3. The van der Waals surface area contributed by atoms with E-state index in [2.05, 4.69) is 30.6 Å². The average molecular weight is 239 g/mol. The van der Waals surface area contributed by atoms with Crippen molar-refractivity contribution in [1.29, 1.82) is 0 Å². The molecule has 2 fully saturated rings. The number of hydrogen-bond donors (Lipinski definition) is 1. The summed E-state index contributed by atoms with van der Waals surface area (Å²) in [6.45, 7) is 12.9. The summed E-state index contributed by atoms with van der Waals surface area (Å²) < 4.78 is 0. The van der Waals surface area contributed by atoms with E-state index in [1.165, 1.54) is 45.4 Å². The van der Waals surface area contributed by atoms with Crippen molar-refractivity contribution in [2.75, 3.05) is 32.7 Å². The summed E-state index contributed by atoms with van der Waals surface area (Å²) in [6.07, 6.45) is 4.15. The van der Waals surface area contributed by atoms with Crippen molar-refractivity contribution in [2.45, 2.75) is 52.1 Å². The van der Waals surface area contributed by atoms with E-state index in [0.717, 1.165) is 12.6 Å². The molecule has 0 saturated carbocycles. The fourth-order valence-electron chi connectivity index (χ4n) is 2.93. The summed E-state index contributed by atoms with van der Waals surface area (Å²) in [5.41, 5.74) is 6.50. The van der Waals surface area contributed by atoms with Crippen LogP contribution in [0.1, 0.15) is 40.0 Å². The second-order valence-corrected chi connectivity index (χ2v) is 6.92. The van der Waals surface area contributed by atoms with Crippen molar-refractivity contribution in [1.82, 2.24) is 9.80 Å². The van der Waals surface area contributed by atoms with E-state index in [9.17, 15) is 0 Å². The lowest BCUT2D eigenvalue weighted by molar-refractivity contribution is 0.200. The molecule has 2 N–H and O–H groups in total. The maximum Gasteiger partial charge on any atom is 0.0235 e. The first-order chi connectivity index (χ1) is 7.97. The van der Waals surface area contributed by atoms with Gasteiger partial charge in [-0.2, -0.15) is 0 Å². The van der Waals surface area contributed by atoms with Crippen LogP contribution in [0, 0.1) is 5.41 Å². The standard InChI is InChI=1S/C14H29N3/c1-14(2,3)13(15)11-16-9-6-12(10-16)17-7-4-5-8-17/h12-13H,4-11,15H2,1-3H3. The van der Waals surface area contributed by atoms with Gasteiger partial charge in [-0.25, -0.2) is 0 Å². The predicted octanol–water partition coefficient (Wildman–Crippen LogP) is 1.53. The summed E-state index contributed by atoms with van der Waals surface area (Å²) in [4.78, 5) is 5.25. The monoisotopic (exact) mass is 239 g/mol. The highest BCUT2D eigenvalue weighted by molar-refractivity contribution is 4.89. The van der Waals surface area contributed by atoms with Gasteiger partial charge in [0.05, 0.1) is 0 Å². The fourth-order valence-corrected chi connectivity index (χ4v) is 2.93. The van der Waals surface area contributed by atoms with E-state index >= 15 is 0 Å². The third kappa shape index (κ3) is 3.43. The summed E-state index contributed by atoms with van der Waals surface area (Å²) in [6, 6.07) is 1.10. The normalized spacial score (nSPS) is 30.0. The van der Waals surface area contributed by atoms with Crippen LogP contribution in [-0.4, -0.2) is 54.6 Å². The molecule has 0 bridgehead atoms. The SMILES string of the molecule is CC(C)(C)C(N)CN1CCC(N2CCCC2)C1. The zero-order chi connectivity index (χ0) is 12.5. The summed E-state index contributed by atoms with van der Waals surface area (Å²) in [5, 5.41) is 0. The molecule has 2 atom stereocenters. The van der Waals surface area contributed by atoms with Crippen molar-refractivity contribution in [2.24, 2.45) is 11.1 Å². The third-order valence-corrected chi connectivity index (χ3v) is 4.47. The Bertz CT molecular complexity index is 240. The van der Waals surface area contributed by atoms with Gasteiger partial charge < -0.3 is 10.6 Å². The van der Waals surface area contributed by atoms with Crippen molar-refractivity contribution in [3.05, 3.63) is 0 Å². The molecule has 2 heterocycles. The van der Waals surface area contributed by atoms with Crippen LogP contribution in [0.25, 0.3) is 0 Å². The van der Waals surface area contributed by atoms with Gasteiger partial charge in [0.1, 0.15) is 0 Å². The van der Waals surface area contributed by atoms with Gasteiger partial charge in [-0.15, -0.1) is 0 Å². The van der Waals surface area contributed by atoms with Crippen molar-refractivity contribution in [3.8, 4) is 0 Å². The number of hydrogen-bond acceptors (Lipinski definition) is 3. The highest BCUT2D eigenvalue weighted by Crippen LogP contribution is 2.23. The molecule has 3 nitrogen and oxygen atoms in total. The van der Waals surface area contributed by atoms with Gasteiger partial charge in [0, 0.05) is 25.2 Å². The molecule has 3 heteroatoms. The van der Waals surface area contributed by atoms with Gasteiger partial charge in [0.2, 0.25) is 0 Å².